The predicted molar refractivity (Wildman–Crippen MR) is 175 cm³/mol. The van der Waals surface area contributed by atoms with Gasteiger partial charge >= 0.3 is 18.2 Å². The molecule has 0 radical (unpaired) electrons. The van der Waals surface area contributed by atoms with Crippen molar-refractivity contribution in [2.45, 2.75) is 77.0 Å². The first-order valence-electron chi connectivity index (χ1n) is 15.0. The first-order valence-corrected chi connectivity index (χ1v) is 15.8. The number of carbonyl (C=O) groups is 3. The maximum Gasteiger partial charge on any atom is 0.407 e. The predicted octanol–water partition coefficient (Wildman–Crippen LogP) is 7.12. The van der Waals surface area contributed by atoms with E-state index in [0.29, 0.717) is 31.5 Å². The van der Waals surface area contributed by atoms with Crippen LogP contribution in [0.5, 0.6) is 0 Å². The fourth-order valence-corrected chi connectivity index (χ4v) is 5.87. The molecule has 1 heterocycles. The number of nitrogens with one attached hydrogen (secondary N) is 2. The first kappa shape index (κ1) is 33.5. The van der Waals surface area contributed by atoms with Crippen molar-refractivity contribution >= 4 is 34.6 Å². The van der Waals surface area contributed by atoms with Gasteiger partial charge in [0.25, 0.3) is 0 Å². The van der Waals surface area contributed by atoms with Gasteiger partial charge in [-0.1, -0.05) is 66.4 Å². The van der Waals surface area contributed by atoms with Crippen molar-refractivity contribution < 1.29 is 28.6 Å². The maximum atomic E-state index is 13.3. The standard InChI is InChI=1S/C34H42N4O6S/c1-7-34(5,6)43-29(39)28-27(38-30(35)45-28)26(18-12-13-19-36-31(40)44-33(2,3)4)37-32(41)42-20-25-23-16-10-8-14-21(23)22-15-9-11-17-24(22)25/h7-11,14-17,25-26H,1,12-13,18-20H2,2-6H3,(H2,35,38)(H,36,40)(H,37,41)/t26-/m0/s1. The van der Waals surface area contributed by atoms with Crippen LogP contribution in [0.1, 0.15) is 92.3 Å². The zero-order chi connectivity index (χ0) is 32.8. The van der Waals surface area contributed by atoms with Crippen molar-refractivity contribution in [3.8, 4) is 11.1 Å². The van der Waals surface area contributed by atoms with Crippen molar-refractivity contribution in [3.63, 3.8) is 0 Å². The SMILES string of the molecule is C=CC(C)(C)OC(=O)c1sc(N)nc1[C@H](CCCCNC(=O)OC(C)(C)C)NC(=O)OCC1c2ccccc2-c2ccccc21. The molecule has 2 amide bonds. The highest BCUT2D eigenvalue weighted by Gasteiger charge is 2.32. The van der Waals surface area contributed by atoms with E-state index in [4.69, 9.17) is 19.9 Å². The molecule has 3 aromatic rings. The number of esters is 1. The van der Waals surface area contributed by atoms with Gasteiger partial charge in [0.1, 0.15) is 22.7 Å². The molecule has 4 N–H and O–H groups in total. The molecule has 45 heavy (non-hydrogen) atoms. The molecular weight excluding hydrogens is 592 g/mol. The van der Waals surface area contributed by atoms with Crippen LogP contribution in [-0.4, -0.2) is 47.5 Å². The van der Waals surface area contributed by atoms with Crippen molar-refractivity contribution in [2.24, 2.45) is 0 Å². The topological polar surface area (TPSA) is 142 Å². The van der Waals surface area contributed by atoms with E-state index in [2.05, 4.69) is 46.5 Å². The molecule has 0 saturated carbocycles. The number of amides is 2. The number of ether oxygens (including phenoxy) is 3. The number of unbranched alkanes of at least 4 members (excludes halogenated alkanes) is 1. The lowest BCUT2D eigenvalue weighted by Gasteiger charge is -2.22. The summed E-state index contributed by atoms with van der Waals surface area (Å²) < 4.78 is 16.7. The maximum absolute atomic E-state index is 13.3. The molecule has 10 nitrogen and oxygen atoms in total. The molecule has 1 aliphatic rings. The third-order valence-electron chi connectivity index (χ3n) is 7.26. The van der Waals surface area contributed by atoms with Crippen LogP contribution in [0.15, 0.2) is 61.2 Å². The molecule has 0 spiro atoms. The largest absolute Gasteiger partial charge is 0.451 e. The van der Waals surface area contributed by atoms with Crippen molar-refractivity contribution in [2.75, 3.05) is 18.9 Å². The van der Waals surface area contributed by atoms with Crippen LogP contribution in [0.2, 0.25) is 0 Å². The minimum absolute atomic E-state index is 0.109. The van der Waals surface area contributed by atoms with Gasteiger partial charge in [0.05, 0.1) is 11.7 Å². The zero-order valence-electron chi connectivity index (χ0n) is 26.5. The van der Waals surface area contributed by atoms with E-state index in [0.717, 1.165) is 33.6 Å². The van der Waals surface area contributed by atoms with Crippen LogP contribution in [0.4, 0.5) is 14.7 Å². The van der Waals surface area contributed by atoms with E-state index in [1.54, 1.807) is 34.6 Å². The number of anilines is 1. The molecule has 11 heteroatoms. The smallest absolute Gasteiger partial charge is 0.407 e. The first-order chi connectivity index (χ1) is 21.3. The van der Waals surface area contributed by atoms with Crippen molar-refractivity contribution in [1.82, 2.24) is 15.6 Å². The fourth-order valence-electron chi connectivity index (χ4n) is 5.10. The summed E-state index contributed by atoms with van der Waals surface area (Å²) in [5.74, 6) is -0.725. The summed E-state index contributed by atoms with van der Waals surface area (Å²) in [5.41, 5.74) is 9.29. The second-order valence-electron chi connectivity index (χ2n) is 12.4. The lowest BCUT2D eigenvalue weighted by atomic mass is 9.98. The minimum atomic E-state index is -0.920. The zero-order valence-corrected chi connectivity index (χ0v) is 27.3. The van der Waals surface area contributed by atoms with Crippen molar-refractivity contribution in [3.05, 3.63) is 82.9 Å². The highest BCUT2D eigenvalue weighted by molar-refractivity contribution is 7.17. The molecule has 1 aliphatic carbocycles. The van der Waals surface area contributed by atoms with E-state index >= 15 is 0 Å². The van der Waals surface area contributed by atoms with Crippen LogP contribution in [0.25, 0.3) is 11.1 Å². The number of hydrogen-bond donors (Lipinski definition) is 3. The Hall–Kier alpha value is -4.38. The summed E-state index contributed by atoms with van der Waals surface area (Å²) in [6.07, 6.45) is 1.94. The summed E-state index contributed by atoms with van der Waals surface area (Å²) in [5, 5.41) is 5.81. The van der Waals surface area contributed by atoms with Gasteiger partial charge < -0.3 is 30.6 Å². The molecule has 2 aromatic carbocycles. The third-order valence-corrected chi connectivity index (χ3v) is 8.14. The average molecular weight is 635 g/mol. The number of nitrogen functional groups attached to an aromatic ring is 1. The Balaban J connectivity index is 1.47. The number of nitrogens with two attached hydrogens (primary N) is 1. The lowest BCUT2D eigenvalue weighted by molar-refractivity contribution is 0.0177. The van der Waals surface area contributed by atoms with E-state index in [9.17, 15) is 14.4 Å². The van der Waals surface area contributed by atoms with Crippen LogP contribution < -0.4 is 16.4 Å². The molecule has 0 unspecified atom stereocenters. The molecule has 1 aromatic heterocycles. The van der Waals surface area contributed by atoms with Crippen LogP contribution in [-0.2, 0) is 14.2 Å². The van der Waals surface area contributed by atoms with Gasteiger partial charge in [0, 0.05) is 12.5 Å². The Kier molecular flexibility index (Phi) is 10.5. The number of benzene rings is 2. The quantitative estimate of drug-likeness (QED) is 0.0827. The van der Waals surface area contributed by atoms with Gasteiger partial charge in [0.15, 0.2) is 5.13 Å². The normalized spacial score (nSPS) is 13.3. The summed E-state index contributed by atoms with van der Waals surface area (Å²) >= 11 is 0.992. The molecule has 4 rings (SSSR count). The molecule has 240 valence electrons. The van der Waals surface area contributed by atoms with Gasteiger partial charge in [-0.05, 0) is 82.2 Å². The number of fused-ring (bicyclic) bond motifs is 3. The average Bonchev–Trinajstić information content (AvgIpc) is 3.52. The van der Waals surface area contributed by atoms with Gasteiger partial charge in [-0.2, -0.15) is 0 Å². The number of aromatic nitrogens is 1. The fraction of sp³-hybridized carbons (Fsp3) is 0.412. The third kappa shape index (κ3) is 8.85. The van der Waals surface area contributed by atoms with Gasteiger partial charge in [0.2, 0.25) is 0 Å². The number of thiazole rings is 1. The van der Waals surface area contributed by atoms with Crippen LogP contribution in [0.3, 0.4) is 0 Å². The lowest BCUT2D eigenvalue weighted by Crippen LogP contribution is -2.33. The van der Waals surface area contributed by atoms with Gasteiger partial charge in [-0.25, -0.2) is 19.4 Å². The van der Waals surface area contributed by atoms with Crippen molar-refractivity contribution in [1.29, 1.82) is 0 Å². The highest BCUT2D eigenvalue weighted by Crippen LogP contribution is 2.44. The van der Waals surface area contributed by atoms with Gasteiger partial charge in [-0.15, -0.1) is 0 Å². The molecule has 0 fully saturated rings. The highest BCUT2D eigenvalue weighted by atomic mass is 32.1. The summed E-state index contributed by atoms with van der Waals surface area (Å²) in [7, 11) is 0. The van der Waals surface area contributed by atoms with E-state index in [-0.39, 0.29) is 22.5 Å². The van der Waals surface area contributed by atoms with E-state index in [1.165, 1.54) is 6.08 Å². The van der Waals surface area contributed by atoms with E-state index < -0.39 is 35.4 Å². The van der Waals surface area contributed by atoms with E-state index in [1.807, 2.05) is 24.3 Å². The Labute approximate surface area is 268 Å². The van der Waals surface area contributed by atoms with Gasteiger partial charge in [-0.3, -0.25) is 0 Å². The molecule has 0 saturated heterocycles. The molecule has 1 atom stereocenters. The summed E-state index contributed by atoms with van der Waals surface area (Å²) in [6.45, 7) is 13.0. The number of hydrogen-bond acceptors (Lipinski definition) is 9. The second kappa shape index (κ2) is 14.2. The Bertz CT molecular complexity index is 1500. The number of carbonyl (C=O) groups excluding carboxylic acids is 3. The molecule has 0 bridgehead atoms. The van der Waals surface area contributed by atoms with Crippen LogP contribution in [0, 0.1) is 0 Å². The number of alkyl carbamates (subject to hydrolysis) is 2. The number of nitrogens with zero attached hydrogens (tertiary/aromatic N) is 1. The van der Waals surface area contributed by atoms with Crippen LogP contribution >= 0.6 is 11.3 Å². The Morgan fingerprint density at radius 3 is 2.20 bits per heavy atom. The number of rotatable bonds is 12. The second-order valence-corrected chi connectivity index (χ2v) is 13.4. The molecule has 0 aliphatic heterocycles. The monoisotopic (exact) mass is 634 g/mol. The summed E-state index contributed by atoms with van der Waals surface area (Å²) in [6, 6.07) is 15.5. The minimum Gasteiger partial charge on any atom is -0.451 e. The summed E-state index contributed by atoms with van der Waals surface area (Å²) in [4.78, 5) is 43.1. The Morgan fingerprint density at radius 2 is 1.60 bits per heavy atom. The Morgan fingerprint density at radius 1 is 0.978 bits per heavy atom. The molecular formula is C34H42N4O6S.